The fourth-order valence-electron chi connectivity index (χ4n) is 6.44. The van der Waals surface area contributed by atoms with Crippen LogP contribution in [0.1, 0.15) is 64.7 Å². The number of halogens is 1. The maximum absolute atomic E-state index is 13.7. The van der Waals surface area contributed by atoms with Crippen molar-refractivity contribution in [3.05, 3.63) is 136 Å². The predicted octanol–water partition coefficient (Wildman–Crippen LogP) is 9.34. The molecule has 0 saturated carbocycles. The third kappa shape index (κ3) is 8.51. The molecule has 0 aliphatic heterocycles. The molecule has 5 rings (SSSR count). The highest BCUT2D eigenvalue weighted by atomic mass is 79.9. The molecule has 8 nitrogen and oxygen atoms in total. The number of allylic oxidation sites excluding steroid dienone is 1. The van der Waals surface area contributed by atoms with Crippen molar-refractivity contribution in [3.8, 4) is 17.9 Å². The molecule has 5 aromatic rings. The number of benzene rings is 4. The van der Waals surface area contributed by atoms with Crippen molar-refractivity contribution in [1.82, 2.24) is 4.57 Å². The van der Waals surface area contributed by atoms with Crippen LogP contribution in [0.4, 0.5) is 0 Å². The summed E-state index contributed by atoms with van der Waals surface area (Å²) in [6.45, 7) is 0. The first-order valence-corrected chi connectivity index (χ1v) is 18.7. The number of rotatable bonds is 14. The van der Waals surface area contributed by atoms with E-state index in [1.165, 1.54) is 7.11 Å². The molecular weight excluding hydrogens is 713 g/mol. The number of methoxy groups -OCH3 is 1. The molecule has 2 N–H and O–H groups in total. The number of hydrogen-bond donors (Lipinski definition) is 2. The van der Waals surface area contributed by atoms with Crippen molar-refractivity contribution in [2.45, 2.75) is 50.1 Å². The molecule has 0 atom stereocenters. The lowest BCUT2D eigenvalue weighted by atomic mass is 9.87. The van der Waals surface area contributed by atoms with Crippen molar-refractivity contribution >= 4 is 52.0 Å². The molecule has 50 heavy (non-hydrogen) atoms. The second-order valence-electron chi connectivity index (χ2n) is 12.4. The molecule has 0 fully saturated rings. The van der Waals surface area contributed by atoms with E-state index in [2.05, 4.69) is 28.1 Å². The lowest BCUT2D eigenvalue weighted by molar-refractivity contribution is 0.0904. The van der Waals surface area contributed by atoms with Gasteiger partial charge in [-0.2, -0.15) is 10.5 Å². The SMILES string of the molecule is COc1ccc(C#N)cc1/C=C(\C#N)c1cn(C(=O)CCCCCC(Cc2ccccc2)(Cc2ccccc2)P(=O)(O)O)c2ccc(Br)cc12. The highest BCUT2D eigenvalue weighted by molar-refractivity contribution is 9.10. The monoisotopic (exact) mass is 749 g/mol. The normalized spacial score (nSPS) is 12.0. The maximum Gasteiger partial charge on any atom is 0.332 e. The third-order valence-corrected chi connectivity index (χ3v) is 11.3. The molecule has 0 spiro atoms. The molecule has 10 heteroatoms. The van der Waals surface area contributed by atoms with E-state index in [1.807, 2.05) is 78.9 Å². The van der Waals surface area contributed by atoms with E-state index >= 15 is 0 Å². The van der Waals surface area contributed by atoms with E-state index in [-0.39, 0.29) is 25.2 Å². The summed E-state index contributed by atoms with van der Waals surface area (Å²) in [6.07, 6.45) is 5.98. The van der Waals surface area contributed by atoms with Gasteiger partial charge in [0.05, 0.1) is 41.1 Å². The van der Waals surface area contributed by atoms with Crippen LogP contribution in [0.3, 0.4) is 0 Å². The third-order valence-electron chi connectivity index (χ3n) is 9.01. The number of fused-ring (bicyclic) bond motifs is 1. The van der Waals surface area contributed by atoms with Crippen LogP contribution in [0.5, 0.6) is 5.75 Å². The van der Waals surface area contributed by atoms with E-state index in [4.69, 9.17) is 4.74 Å². The molecule has 0 radical (unpaired) electrons. The zero-order valence-electron chi connectivity index (χ0n) is 27.6. The van der Waals surface area contributed by atoms with Crippen LogP contribution < -0.4 is 4.74 Å². The molecule has 0 unspecified atom stereocenters. The molecule has 4 aromatic carbocycles. The molecule has 0 aliphatic rings. The Kier molecular flexibility index (Phi) is 11.9. The van der Waals surface area contributed by atoms with Gasteiger partial charge >= 0.3 is 7.60 Å². The Labute approximate surface area is 300 Å². The van der Waals surface area contributed by atoms with Crippen LogP contribution in [0.25, 0.3) is 22.6 Å². The summed E-state index contributed by atoms with van der Waals surface area (Å²) in [4.78, 5) is 35.2. The van der Waals surface area contributed by atoms with Crippen LogP contribution in [0.2, 0.25) is 0 Å². The van der Waals surface area contributed by atoms with Gasteiger partial charge in [0.25, 0.3) is 0 Å². The molecule has 1 aromatic heterocycles. The second kappa shape index (κ2) is 16.3. The van der Waals surface area contributed by atoms with Crippen molar-refractivity contribution < 1.29 is 23.9 Å². The molecule has 1 heterocycles. The van der Waals surface area contributed by atoms with Crippen LogP contribution in [0, 0.1) is 22.7 Å². The quantitative estimate of drug-likeness (QED) is 0.0656. The Morgan fingerprint density at radius 1 is 0.920 bits per heavy atom. The molecular formula is C40H37BrN3O5P. The van der Waals surface area contributed by atoms with Gasteiger partial charge in [0.2, 0.25) is 5.91 Å². The van der Waals surface area contributed by atoms with Crippen LogP contribution in [0.15, 0.2) is 108 Å². The molecule has 0 saturated heterocycles. The van der Waals surface area contributed by atoms with Gasteiger partial charge in [-0.3, -0.25) is 13.9 Å². The molecule has 0 bridgehead atoms. The zero-order chi connectivity index (χ0) is 35.7. The number of ether oxygens (including phenoxy) is 1. The summed E-state index contributed by atoms with van der Waals surface area (Å²) in [5.74, 6) is 0.354. The summed E-state index contributed by atoms with van der Waals surface area (Å²) >= 11 is 3.51. The standard InChI is InChI=1S/C40H37BrN3O5P/c1-49-38-19-16-31(26-42)21-32(38)22-33(27-43)36-28-44(37-18-17-34(41)23-35(36)37)39(45)15-9-4-10-20-40(50(46,47)48,24-29-11-5-2-6-12-29)25-30-13-7-3-8-14-30/h2-3,5-8,11-14,16-19,21-23,28H,4,9-10,15,20,24-25H2,1H3,(H2,46,47,48)/b33-22+. The summed E-state index contributed by atoms with van der Waals surface area (Å²) in [6, 6.07) is 33.7. The average molecular weight is 751 g/mol. The second-order valence-corrected chi connectivity index (χ2v) is 15.3. The van der Waals surface area contributed by atoms with Crippen LogP contribution >= 0.6 is 23.5 Å². The van der Waals surface area contributed by atoms with Gasteiger partial charge in [0.15, 0.2) is 0 Å². The average Bonchev–Trinajstić information content (AvgIpc) is 3.49. The minimum Gasteiger partial charge on any atom is -0.496 e. The van der Waals surface area contributed by atoms with E-state index in [0.717, 1.165) is 15.6 Å². The van der Waals surface area contributed by atoms with Gasteiger partial charge < -0.3 is 14.5 Å². The largest absolute Gasteiger partial charge is 0.496 e. The Morgan fingerprint density at radius 3 is 2.16 bits per heavy atom. The highest BCUT2D eigenvalue weighted by Gasteiger charge is 2.46. The van der Waals surface area contributed by atoms with E-state index in [1.54, 1.807) is 35.0 Å². The number of unbranched alkanes of at least 4 members (excludes halogenated alkanes) is 2. The van der Waals surface area contributed by atoms with E-state index in [0.29, 0.717) is 64.6 Å². The Morgan fingerprint density at radius 2 is 1.58 bits per heavy atom. The number of aromatic nitrogens is 1. The first kappa shape index (κ1) is 36.5. The van der Waals surface area contributed by atoms with Gasteiger partial charge in [-0.1, -0.05) is 89.4 Å². The smallest absolute Gasteiger partial charge is 0.332 e. The number of carbonyl (C=O) groups excluding carboxylic acids is 1. The Hall–Kier alpha value is -4.76. The minimum atomic E-state index is -4.56. The predicted molar refractivity (Wildman–Crippen MR) is 200 cm³/mol. The summed E-state index contributed by atoms with van der Waals surface area (Å²) in [5.41, 5.74) is 4.24. The fourth-order valence-corrected chi connectivity index (χ4v) is 8.02. The van der Waals surface area contributed by atoms with Crippen molar-refractivity contribution in [1.29, 1.82) is 10.5 Å². The number of nitrogens with zero attached hydrogens (tertiary/aromatic N) is 3. The van der Waals surface area contributed by atoms with Crippen molar-refractivity contribution in [2.24, 2.45) is 0 Å². The van der Waals surface area contributed by atoms with Gasteiger partial charge in [-0.15, -0.1) is 0 Å². The van der Waals surface area contributed by atoms with E-state index in [9.17, 15) is 29.7 Å². The van der Waals surface area contributed by atoms with Gasteiger partial charge in [-0.25, -0.2) is 0 Å². The van der Waals surface area contributed by atoms with E-state index < -0.39 is 12.8 Å². The van der Waals surface area contributed by atoms with Crippen LogP contribution in [-0.2, 0) is 17.4 Å². The zero-order valence-corrected chi connectivity index (χ0v) is 30.1. The van der Waals surface area contributed by atoms with Gasteiger partial charge in [-0.05, 0) is 79.3 Å². The topological polar surface area (TPSA) is 136 Å². The fraction of sp³-hybridized carbons (Fsp3) is 0.225. The molecule has 0 amide bonds. The minimum absolute atomic E-state index is 0.153. The first-order chi connectivity index (χ1) is 24.1. The Bertz CT molecular complexity index is 2100. The van der Waals surface area contributed by atoms with Gasteiger partial charge in [0.1, 0.15) is 5.75 Å². The lowest BCUT2D eigenvalue weighted by Crippen LogP contribution is -2.34. The summed E-state index contributed by atoms with van der Waals surface area (Å²) in [7, 11) is -3.04. The lowest BCUT2D eigenvalue weighted by Gasteiger charge is -2.35. The summed E-state index contributed by atoms with van der Waals surface area (Å²) in [5, 5.41) is 19.1. The first-order valence-electron chi connectivity index (χ1n) is 16.2. The van der Waals surface area contributed by atoms with Crippen LogP contribution in [-0.4, -0.2) is 32.5 Å². The Balaban J connectivity index is 1.35. The van der Waals surface area contributed by atoms with Crippen molar-refractivity contribution in [2.75, 3.05) is 7.11 Å². The van der Waals surface area contributed by atoms with Gasteiger partial charge in [0, 0.05) is 33.6 Å². The molecule has 254 valence electrons. The van der Waals surface area contributed by atoms with Crippen molar-refractivity contribution in [3.63, 3.8) is 0 Å². The molecule has 0 aliphatic carbocycles. The number of nitriles is 2. The summed E-state index contributed by atoms with van der Waals surface area (Å²) < 4.78 is 21.0. The number of carbonyl (C=O) groups is 1. The maximum atomic E-state index is 13.7. The highest BCUT2D eigenvalue weighted by Crippen LogP contribution is 2.56. The number of hydrogen-bond acceptors (Lipinski definition) is 5.